The number of hydrogen-bond acceptors (Lipinski definition) is 6. The van der Waals surface area contributed by atoms with Crippen LogP contribution in [0.3, 0.4) is 0 Å². The van der Waals surface area contributed by atoms with Crippen molar-refractivity contribution in [1.82, 2.24) is 0 Å². The Hall–Kier alpha value is -4.57. The molecule has 0 unspecified atom stereocenters. The van der Waals surface area contributed by atoms with Crippen LogP contribution in [0.15, 0.2) is 84.4 Å². The molecule has 0 saturated heterocycles. The maximum Gasteiger partial charge on any atom is 0.343 e. The van der Waals surface area contributed by atoms with Crippen LogP contribution in [0.2, 0.25) is 0 Å². The van der Waals surface area contributed by atoms with E-state index in [1.807, 2.05) is 36.4 Å². The molecule has 0 aliphatic heterocycles. The van der Waals surface area contributed by atoms with Gasteiger partial charge in [0.15, 0.2) is 6.61 Å². The molecule has 0 fully saturated rings. The lowest BCUT2D eigenvalue weighted by Gasteiger charge is -2.08. The van der Waals surface area contributed by atoms with Crippen LogP contribution in [-0.4, -0.2) is 25.6 Å². The fourth-order valence-electron chi connectivity index (χ4n) is 2.75. The van der Waals surface area contributed by atoms with Gasteiger partial charge in [-0.2, -0.15) is 5.26 Å². The Kier molecular flexibility index (Phi) is 8.21. The molecule has 0 heterocycles. The third kappa shape index (κ3) is 7.26. The van der Waals surface area contributed by atoms with Gasteiger partial charge < -0.3 is 19.5 Å². The minimum Gasteiger partial charge on any atom is -0.489 e. The van der Waals surface area contributed by atoms with Crippen molar-refractivity contribution in [3.8, 4) is 17.6 Å². The summed E-state index contributed by atoms with van der Waals surface area (Å²) in [4.78, 5) is 23.6. The fraction of sp³-hybridized carbons (Fsp3) is 0.115. The third-order valence-electron chi connectivity index (χ3n) is 4.50. The smallest absolute Gasteiger partial charge is 0.343 e. The summed E-state index contributed by atoms with van der Waals surface area (Å²) < 4.78 is 15.5. The molecule has 3 rings (SSSR count). The minimum atomic E-state index is -0.526. The molecular weight excluding hydrogens is 420 g/mol. The van der Waals surface area contributed by atoms with Gasteiger partial charge in [0.25, 0.3) is 5.91 Å². The van der Waals surface area contributed by atoms with E-state index in [-0.39, 0.29) is 12.2 Å². The van der Waals surface area contributed by atoms with Gasteiger partial charge in [-0.15, -0.1) is 0 Å². The molecule has 166 valence electrons. The Morgan fingerprint density at radius 3 is 2.18 bits per heavy atom. The second-order valence-corrected chi connectivity index (χ2v) is 6.86. The monoisotopic (exact) mass is 442 g/mol. The minimum absolute atomic E-state index is 0.0531. The van der Waals surface area contributed by atoms with Gasteiger partial charge in [-0.05, 0) is 53.6 Å². The normalized spacial score (nSPS) is 10.6. The molecule has 0 aliphatic rings. The Bertz CT molecular complexity index is 1150. The standard InChI is InChI=1S/C26H22N2O5/c1-31-25(29)18-33-23-11-7-19(8-12-23)15-21(16-27)26(30)28-22-9-13-24(14-10-22)32-17-20-5-3-2-4-6-20/h2-15H,17-18H2,1H3,(H,28,30)/b21-15+. The summed E-state index contributed by atoms with van der Waals surface area (Å²) in [5, 5.41) is 12.1. The molecule has 3 aromatic rings. The molecule has 0 aliphatic carbocycles. The predicted molar refractivity (Wildman–Crippen MR) is 123 cm³/mol. The second-order valence-electron chi connectivity index (χ2n) is 6.86. The van der Waals surface area contributed by atoms with E-state index < -0.39 is 11.9 Å². The second kappa shape index (κ2) is 11.7. The average molecular weight is 442 g/mol. The van der Waals surface area contributed by atoms with Gasteiger partial charge >= 0.3 is 5.97 Å². The lowest BCUT2D eigenvalue weighted by molar-refractivity contribution is -0.142. The van der Waals surface area contributed by atoms with E-state index in [0.717, 1.165) is 5.56 Å². The number of nitrogens with one attached hydrogen (secondary N) is 1. The Balaban J connectivity index is 1.57. The zero-order chi connectivity index (χ0) is 23.5. The lowest BCUT2D eigenvalue weighted by Crippen LogP contribution is -2.13. The molecule has 3 aromatic carbocycles. The van der Waals surface area contributed by atoms with E-state index in [2.05, 4.69) is 10.1 Å². The lowest BCUT2D eigenvalue weighted by atomic mass is 10.1. The van der Waals surface area contributed by atoms with E-state index in [0.29, 0.717) is 29.4 Å². The maximum absolute atomic E-state index is 12.5. The highest BCUT2D eigenvalue weighted by Gasteiger charge is 2.10. The van der Waals surface area contributed by atoms with Crippen molar-refractivity contribution in [2.24, 2.45) is 0 Å². The topological polar surface area (TPSA) is 97.7 Å². The molecule has 0 aromatic heterocycles. The van der Waals surface area contributed by atoms with Crippen molar-refractivity contribution in [3.05, 3.63) is 95.6 Å². The van der Waals surface area contributed by atoms with Crippen LogP contribution in [-0.2, 0) is 20.9 Å². The van der Waals surface area contributed by atoms with Gasteiger partial charge in [0.2, 0.25) is 0 Å². The van der Waals surface area contributed by atoms with Crippen LogP contribution in [0.1, 0.15) is 11.1 Å². The first kappa shape index (κ1) is 23.1. The highest BCUT2D eigenvalue weighted by atomic mass is 16.6. The number of methoxy groups -OCH3 is 1. The highest BCUT2D eigenvalue weighted by Crippen LogP contribution is 2.19. The molecule has 33 heavy (non-hydrogen) atoms. The number of nitriles is 1. The number of benzene rings is 3. The number of hydrogen-bond donors (Lipinski definition) is 1. The molecule has 1 N–H and O–H groups in total. The Labute approximate surface area is 191 Å². The first-order chi connectivity index (χ1) is 16.1. The molecular formula is C26H22N2O5. The third-order valence-corrected chi connectivity index (χ3v) is 4.50. The maximum atomic E-state index is 12.5. The van der Waals surface area contributed by atoms with Crippen LogP contribution in [0.5, 0.6) is 11.5 Å². The first-order valence-corrected chi connectivity index (χ1v) is 10.1. The van der Waals surface area contributed by atoms with Gasteiger partial charge in [0, 0.05) is 5.69 Å². The number of amides is 1. The van der Waals surface area contributed by atoms with Gasteiger partial charge in [-0.3, -0.25) is 4.79 Å². The summed E-state index contributed by atoms with van der Waals surface area (Å²) in [6.07, 6.45) is 1.47. The predicted octanol–water partition coefficient (Wildman–Crippen LogP) is 4.36. The van der Waals surface area contributed by atoms with Gasteiger partial charge in [-0.1, -0.05) is 42.5 Å². The molecule has 1 amide bonds. The van der Waals surface area contributed by atoms with Crippen LogP contribution in [0, 0.1) is 11.3 Å². The van der Waals surface area contributed by atoms with E-state index >= 15 is 0 Å². The SMILES string of the molecule is COC(=O)COc1ccc(/C=C(\C#N)C(=O)Nc2ccc(OCc3ccccc3)cc2)cc1. The molecule has 7 nitrogen and oxygen atoms in total. The summed E-state index contributed by atoms with van der Waals surface area (Å²) >= 11 is 0. The van der Waals surface area contributed by atoms with Crippen molar-refractivity contribution in [2.75, 3.05) is 19.0 Å². The van der Waals surface area contributed by atoms with Crippen LogP contribution in [0.25, 0.3) is 6.08 Å². The quantitative estimate of drug-likeness (QED) is 0.300. The van der Waals surface area contributed by atoms with Crippen molar-refractivity contribution in [2.45, 2.75) is 6.61 Å². The zero-order valence-electron chi connectivity index (χ0n) is 18.0. The van der Waals surface area contributed by atoms with E-state index in [1.54, 1.807) is 48.5 Å². The molecule has 7 heteroatoms. The van der Waals surface area contributed by atoms with E-state index in [1.165, 1.54) is 13.2 Å². The molecule has 0 saturated carbocycles. The van der Waals surface area contributed by atoms with Crippen LogP contribution in [0.4, 0.5) is 5.69 Å². The Morgan fingerprint density at radius 2 is 1.55 bits per heavy atom. The van der Waals surface area contributed by atoms with Crippen LogP contribution < -0.4 is 14.8 Å². The van der Waals surface area contributed by atoms with Gasteiger partial charge in [0.1, 0.15) is 29.7 Å². The fourth-order valence-corrected chi connectivity index (χ4v) is 2.75. The number of esters is 1. The molecule has 0 atom stereocenters. The average Bonchev–Trinajstić information content (AvgIpc) is 2.86. The van der Waals surface area contributed by atoms with Crippen LogP contribution >= 0.6 is 0 Å². The number of carbonyl (C=O) groups is 2. The summed E-state index contributed by atoms with van der Waals surface area (Å²) in [6, 6.07) is 25.3. The summed E-state index contributed by atoms with van der Waals surface area (Å²) in [7, 11) is 1.28. The number of ether oxygens (including phenoxy) is 3. The van der Waals surface area contributed by atoms with E-state index in [4.69, 9.17) is 9.47 Å². The summed E-state index contributed by atoms with van der Waals surface area (Å²) in [5.74, 6) is 0.122. The van der Waals surface area contributed by atoms with Crippen molar-refractivity contribution >= 4 is 23.6 Å². The van der Waals surface area contributed by atoms with Crippen molar-refractivity contribution < 1.29 is 23.8 Å². The van der Waals surface area contributed by atoms with Gasteiger partial charge in [0.05, 0.1) is 7.11 Å². The number of anilines is 1. The number of rotatable bonds is 9. The largest absolute Gasteiger partial charge is 0.489 e. The molecule has 0 radical (unpaired) electrons. The summed E-state index contributed by atoms with van der Waals surface area (Å²) in [5.41, 5.74) is 2.18. The van der Waals surface area contributed by atoms with E-state index in [9.17, 15) is 14.9 Å². The Morgan fingerprint density at radius 1 is 0.909 bits per heavy atom. The summed E-state index contributed by atoms with van der Waals surface area (Å²) in [6.45, 7) is 0.244. The zero-order valence-corrected chi connectivity index (χ0v) is 18.0. The molecule has 0 bridgehead atoms. The van der Waals surface area contributed by atoms with Crippen molar-refractivity contribution in [1.29, 1.82) is 5.26 Å². The highest BCUT2D eigenvalue weighted by molar-refractivity contribution is 6.09. The van der Waals surface area contributed by atoms with Gasteiger partial charge in [-0.25, -0.2) is 4.79 Å². The number of nitrogens with zero attached hydrogens (tertiary/aromatic N) is 1. The molecule has 0 spiro atoms. The van der Waals surface area contributed by atoms with Crippen molar-refractivity contribution in [3.63, 3.8) is 0 Å². The first-order valence-electron chi connectivity index (χ1n) is 10.1. The number of carbonyl (C=O) groups excluding carboxylic acids is 2.